The van der Waals surface area contributed by atoms with E-state index in [1.807, 2.05) is 12.1 Å². The van der Waals surface area contributed by atoms with Crippen LogP contribution in [-0.4, -0.2) is 17.7 Å². The summed E-state index contributed by atoms with van der Waals surface area (Å²) in [5.74, 6) is 1.20. The first-order valence-corrected chi connectivity index (χ1v) is 5.87. The summed E-state index contributed by atoms with van der Waals surface area (Å²) in [5, 5.41) is 13.1. The van der Waals surface area contributed by atoms with Gasteiger partial charge in [0.1, 0.15) is 5.75 Å². The third-order valence-corrected chi connectivity index (χ3v) is 3.84. The second-order valence-corrected chi connectivity index (χ2v) is 4.82. The van der Waals surface area contributed by atoms with E-state index in [-0.39, 0.29) is 0 Å². The number of hydrogen-bond acceptors (Lipinski definition) is 2. The summed E-state index contributed by atoms with van der Waals surface area (Å²) in [6.45, 7) is 1.18. The molecule has 1 aliphatic heterocycles. The van der Waals surface area contributed by atoms with Crippen molar-refractivity contribution in [1.29, 1.82) is 0 Å². The Hall–Kier alpha value is -1.02. The lowest BCUT2D eigenvalue weighted by Gasteiger charge is -2.37. The predicted octanol–water partition coefficient (Wildman–Crippen LogP) is 1.86. The molecule has 1 fully saturated rings. The lowest BCUT2D eigenvalue weighted by molar-refractivity contribution is 0.263. The third-order valence-electron chi connectivity index (χ3n) is 3.84. The standard InChI is InChI=1S/C13H17NO/c15-12-4-3-9-8-13-10(2-1-5-14-13)6-11(9)7-12/h3-4,7,10,13-15H,1-2,5-6,8H2/t10-,13-/m1/s1. The summed E-state index contributed by atoms with van der Waals surface area (Å²) in [6, 6.07) is 6.51. The summed E-state index contributed by atoms with van der Waals surface area (Å²) in [5.41, 5.74) is 2.78. The Morgan fingerprint density at radius 3 is 3.07 bits per heavy atom. The Balaban J connectivity index is 1.92. The smallest absolute Gasteiger partial charge is 0.115 e. The van der Waals surface area contributed by atoms with Gasteiger partial charge in [-0.25, -0.2) is 0 Å². The van der Waals surface area contributed by atoms with Crippen molar-refractivity contribution in [2.24, 2.45) is 5.92 Å². The van der Waals surface area contributed by atoms with Crippen LogP contribution in [0.1, 0.15) is 24.0 Å². The second-order valence-electron chi connectivity index (χ2n) is 4.82. The van der Waals surface area contributed by atoms with Gasteiger partial charge in [-0.3, -0.25) is 0 Å². The van der Waals surface area contributed by atoms with Gasteiger partial charge in [-0.15, -0.1) is 0 Å². The number of phenolic OH excluding ortho intramolecular Hbond substituents is 1. The fourth-order valence-electron chi connectivity index (χ4n) is 3.02. The largest absolute Gasteiger partial charge is 0.508 e. The molecular formula is C13H17NO. The van der Waals surface area contributed by atoms with Gasteiger partial charge in [0, 0.05) is 6.04 Å². The Kier molecular flexibility index (Phi) is 2.17. The highest BCUT2D eigenvalue weighted by Crippen LogP contribution is 2.32. The summed E-state index contributed by atoms with van der Waals surface area (Å²) >= 11 is 0. The number of rotatable bonds is 0. The van der Waals surface area contributed by atoms with Crippen molar-refractivity contribution in [3.8, 4) is 5.75 Å². The van der Waals surface area contributed by atoms with E-state index in [1.54, 1.807) is 0 Å². The lowest BCUT2D eigenvalue weighted by atomic mass is 9.76. The van der Waals surface area contributed by atoms with Crippen molar-refractivity contribution < 1.29 is 5.11 Å². The molecule has 3 rings (SSSR count). The molecule has 0 radical (unpaired) electrons. The van der Waals surface area contributed by atoms with Gasteiger partial charge in [0.25, 0.3) is 0 Å². The van der Waals surface area contributed by atoms with Crippen LogP contribution in [0, 0.1) is 5.92 Å². The molecule has 15 heavy (non-hydrogen) atoms. The zero-order valence-electron chi connectivity index (χ0n) is 8.87. The summed E-state index contributed by atoms with van der Waals surface area (Å²) in [4.78, 5) is 0. The van der Waals surface area contributed by atoms with Crippen molar-refractivity contribution >= 4 is 0 Å². The van der Waals surface area contributed by atoms with Gasteiger partial charge >= 0.3 is 0 Å². The van der Waals surface area contributed by atoms with E-state index >= 15 is 0 Å². The normalized spacial score (nSPS) is 29.3. The molecule has 1 aromatic carbocycles. The molecule has 0 amide bonds. The van der Waals surface area contributed by atoms with E-state index in [4.69, 9.17) is 0 Å². The first-order valence-electron chi connectivity index (χ1n) is 5.87. The quantitative estimate of drug-likeness (QED) is 0.674. The van der Waals surface area contributed by atoms with Crippen LogP contribution < -0.4 is 5.32 Å². The monoisotopic (exact) mass is 203 g/mol. The molecule has 0 aromatic heterocycles. The molecule has 1 aliphatic carbocycles. The Morgan fingerprint density at radius 1 is 1.20 bits per heavy atom. The van der Waals surface area contributed by atoms with Crippen molar-refractivity contribution in [2.45, 2.75) is 31.7 Å². The average molecular weight is 203 g/mol. The molecule has 0 spiro atoms. The van der Waals surface area contributed by atoms with Gasteiger partial charge in [0.15, 0.2) is 0 Å². The SMILES string of the molecule is Oc1ccc2c(c1)C[C@H]1CCCN[C@@H]1C2. The summed E-state index contributed by atoms with van der Waals surface area (Å²) < 4.78 is 0. The van der Waals surface area contributed by atoms with Crippen molar-refractivity contribution in [3.05, 3.63) is 29.3 Å². The number of fused-ring (bicyclic) bond motifs is 2. The molecule has 1 saturated heterocycles. The van der Waals surface area contributed by atoms with Crippen LogP contribution in [0.2, 0.25) is 0 Å². The van der Waals surface area contributed by atoms with Crippen LogP contribution >= 0.6 is 0 Å². The van der Waals surface area contributed by atoms with Crippen LogP contribution in [-0.2, 0) is 12.8 Å². The van der Waals surface area contributed by atoms with Gasteiger partial charge < -0.3 is 10.4 Å². The molecule has 2 atom stereocenters. The van der Waals surface area contributed by atoms with Gasteiger partial charge in [-0.2, -0.15) is 0 Å². The lowest BCUT2D eigenvalue weighted by Crippen LogP contribution is -2.45. The Bertz CT molecular complexity index is 375. The minimum atomic E-state index is 0.413. The number of hydrogen-bond donors (Lipinski definition) is 2. The highest BCUT2D eigenvalue weighted by atomic mass is 16.3. The van der Waals surface area contributed by atoms with Crippen molar-refractivity contribution in [1.82, 2.24) is 5.32 Å². The van der Waals surface area contributed by atoms with Gasteiger partial charge in [-0.1, -0.05) is 6.07 Å². The predicted molar refractivity (Wildman–Crippen MR) is 60.0 cm³/mol. The second kappa shape index (κ2) is 3.53. The molecular weight excluding hydrogens is 186 g/mol. The Morgan fingerprint density at radius 2 is 2.13 bits per heavy atom. The summed E-state index contributed by atoms with van der Waals surface area (Å²) in [6.07, 6.45) is 4.92. The van der Waals surface area contributed by atoms with E-state index < -0.39 is 0 Å². The Labute approximate surface area is 90.3 Å². The minimum Gasteiger partial charge on any atom is -0.508 e. The summed E-state index contributed by atoms with van der Waals surface area (Å²) in [7, 11) is 0. The zero-order chi connectivity index (χ0) is 10.3. The molecule has 0 bridgehead atoms. The average Bonchev–Trinajstić information content (AvgIpc) is 2.26. The molecule has 1 aromatic rings. The first-order chi connectivity index (χ1) is 7.33. The minimum absolute atomic E-state index is 0.413. The highest BCUT2D eigenvalue weighted by molar-refractivity contribution is 5.37. The molecule has 2 N–H and O–H groups in total. The number of nitrogens with one attached hydrogen (secondary N) is 1. The van der Waals surface area contributed by atoms with E-state index in [0.29, 0.717) is 11.8 Å². The van der Waals surface area contributed by atoms with E-state index in [1.165, 1.54) is 30.5 Å². The van der Waals surface area contributed by atoms with Crippen LogP contribution in [0.25, 0.3) is 0 Å². The molecule has 80 valence electrons. The van der Waals surface area contributed by atoms with Crippen LogP contribution in [0.5, 0.6) is 5.75 Å². The van der Waals surface area contributed by atoms with E-state index in [0.717, 1.165) is 18.8 Å². The maximum absolute atomic E-state index is 9.47. The number of piperidine rings is 1. The van der Waals surface area contributed by atoms with Gasteiger partial charge in [0.2, 0.25) is 0 Å². The van der Waals surface area contributed by atoms with E-state index in [2.05, 4.69) is 11.4 Å². The number of aromatic hydroxyl groups is 1. The number of phenols is 1. The molecule has 2 nitrogen and oxygen atoms in total. The third kappa shape index (κ3) is 1.63. The van der Waals surface area contributed by atoms with Crippen molar-refractivity contribution in [3.63, 3.8) is 0 Å². The first kappa shape index (κ1) is 9.22. The van der Waals surface area contributed by atoms with Crippen LogP contribution in [0.15, 0.2) is 18.2 Å². The van der Waals surface area contributed by atoms with E-state index in [9.17, 15) is 5.11 Å². The fraction of sp³-hybridized carbons (Fsp3) is 0.538. The topological polar surface area (TPSA) is 32.3 Å². The van der Waals surface area contributed by atoms with Gasteiger partial charge in [0.05, 0.1) is 0 Å². The zero-order valence-corrected chi connectivity index (χ0v) is 8.87. The fourth-order valence-corrected chi connectivity index (χ4v) is 3.02. The number of benzene rings is 1. The van der Waals surface area contributed by atoms with Crippen LogP contribution in [0.3, 0.4) is 0 Å². The maximum atomic E-state index is 9.47. The van der Waals surface area contributed by atoms with Gasteiger partial charge in [-0.05, 0) is 61.4 Å². The maximum Gasteiger partial charge on any atom is 0.115 e. The van der Waals surface area contributed by atoms with Crippen LogP contribution in [0.4, 0.5) is 0 Å². The molecule has 1 heterocycles. The van der Waals surface area contributed by atoms with Crippen molar-refractivity contribution in [2.75, 3.05) is 6.54 Å². The highest BCUT2D eigenvalue weighted by Gasteiger charge is 2.30. The molecule has 2 heteroatoms. The molecule has 0 unspecified atom stereocenters. The molecule has 0 saturated carbocycles. The molecule has 2 aliphatic rings.